The van der Waals surface area contributed by atoms with Crippen molar-refractivity contribution in [1.82, 2.24) is 9.97 Å². The van der Waals surface area contributed by atoms with Gasteiger partial charge in [0.15, 0.2) is 0 Å². The van der Waals surface area contributed by atoms with Crippen LogP contribution in [0.25, 0.3) is 0 Å². The van der Waals surface area contributed by atoms with Crippen LogP contribution in [-0.4, -0.2) is 86.9 Å². The average Bonchev–Trinajstić information content (AvgIpc) is 2.89. The summed E-state index contributed by atoms with van der Waals surface area (Å²) >= 11 is 0. The van der Waals surface area contributed by atoms with E-state index in [1.807, 2.05) is 0 Å². The molecule has 54 heavy (non-hydrogen) atoms. The van der Waals surface area contributed by atoms with E-state index in [0.717, 1.165) is 10.3 Å². The molecule has 2 aromatic rings. The van der Waals surface area contributed by atoms with Crippen molar-refractivity contribution < 1.29 is 0 Å². The number of rotatable bonds is 12. The van der Waals surface area contributed by atoms with Crippen LogP contribution in [0.1, 0.15) is 43.9 Å². The Morgan fingerprint density at radius 2 is 0.556 bits per heavy atom. The van der Waals surface area contributed by atoms with Crippen molar-refractivity contribution in [1.29, 1.82) is 0 Å². The highest BCUT2D eigenvalue weighted by atomic mass is 31.1. The van der Waals surface area contributed by atoms with E-state index in [9.17, 15) is 0 Å². The Morgan fingerprint density at radius 1 is 0.370 bits per heavy atom. The smallest absolute Gasteiger partial charge is 0.0592 e. The molecule has 0 saturated carbocycles. The molecule has 0 spiro atoms. The second-order valence-corrected chi connectivity index (χ2v) is 76.9. The Bertz CT molecular complexity index is 1340. The maximum atomic E-state index is 6.19. The molecule has 2 aromatic heterocycles. The molecule has 0 radical (unpaired) electrons. The zero-order chi connectivity index (χ0) is 42.0. The van der Waals surface area contributed by atoms with Gasteiger partial charge in [-0.25, -0.2) is 0 Å². The zero-order valence-electron chi connectivity index (χ0n) is 40.1. The number of hydrogen-bond acceptors (Lipinski definition) is 2. The Kier molecular flexibility index (Phi) is 15.3. The second kappa shape index (κ2) is 16.7. The average molecular weight is 908 g/mol. The highest BCUT2D eigenvalue weighted by molar-refractivity contribution is 7.65. The van der Waals surface area contributed by atoms with Gasteiger partial charge in [-0.1, -0.05) is 185 Å². The van der Waals surface area contributed by atoms with Gasteiger partial charge >= 0.3 is 0 Å². The lowest BCUT2D eigenvalue weighted by molar-refractivity contribution is 0.956. The molecule has 2 unspecified atom stereocenters. The van der Waals surface area contributed by atoms with Crippen LogP contribution in [0.15, 0.2) is 36.4 Å². The molecule has 0 aliphatic carbocycles. The first-order valence-electron chi connectivity index (χ1n) is 21.3. The lowest BCUT2D eigenvalue weighted by Crippen LogP contribution is -2.48. The minimum atomic E-state index is -1.76. The lowest BCUT2D eigenvalue weighted by atomic mass is 10.3. The first-order chi connectivity index (χ1) is 23.9. The summed E-state index contributed by atoms with van der Waals surface area (Å²) in [7, 11) is -13.7. The summed E-state index contributed by atoms with van der Waals surface area (Å²) in [5.41, 5.74) is 5.93. The Morgan fingerprint density at radius 3 is 0.704 bits per heavy atom. The monoisotopic (exact) mass is 906 g/mol. The molecular weight excluding hydrogens is 819 g/mol. The molecule has 0 fully saturated rings. The molecule has 0 N–H and O–H groups in total. The van der Waals surface area contributed by atoms with Crippen LogP contribution in [0.2, 0.25) is 167 Å². The molecule has 3 rings (SSSR count). The molecule has 12 heteroatoms. The number of pyridine rings is 2. The van der Waals surface area contributed by atoms with Crippen molar-refractivity contribution in [2.24, 2.45) is 0 Å². The van der Waals surface area contributed by atoms with Crippen LogP contribution in [0.3, 0.4) is 0 Å². The number of hydrogen-bond donors (Lipinski definition) is 0. The highest BCUT2D eigenvalue weighted by Gasteiger charge is 2.52. The Labute approximate surface area is 348 Å². The predicted molar refractivity (Wildman–Crippen MR) is 277 cm³/mol. The molecule has 6 atom stereocenters. The summed E-state index contributed by atoms with van der Waals surface area (Å²) in [6, 6.07) is 15.1. The van der Waals surface area contributed by atoms with E-state index in [2.05, 4.69) is 194 Å². The van der Waals surface area contributed by atoms with E-state index in [1.165, 1.54) is 35.1 Å². The van der Waals surface area contributed by atoms with E-state index < -0.39 is 80.4 Å². The quantitative estimate of drug-likeness (QED) is 0.157. The Hall–Kier alpha value is 0.895. The van der Waals surface area contributed by atoms with Gasteiger partial charge in [0, 0.05) is 76.2 Å². The molecule has 1 aliphatic rings. The Balaban J connectivity index is 2.67. The van der Waals surface area contributed by atoms with Crippen molar-refractivity contribution in [2.45, 2.75) is 189 Å². The summed E-state index contributed by atoms with van der Waals surface area (Å²) in [6.45, 7) is 64.8. The van der Waals surface area contributed by atoms with Crippen LogP contribution in [0, 0.1) is 0 Å². The first-order valence-corrected chi connectivity index (χ1v) is 53.3. The maximum Gasteiger partial charge on any atom is 0.0592 e. The number of aromatic nitrogens is 2. The van der Waals surface area contributed by atoms with E-state index in [0.29, 0.717) is 21.1 Å². The molecule has 3 heterocycles. The summed E-state index contributed by atoms with van der Waals surface area (Å²) in [4.78, 5) is 12.4. The molecule has 0 aromatic carbocycles. The van der Waals surface area contributed by atoms with Gasteiger partial charge in [-0.15, -0.1) is 0 Å². The topological polar surface area (TPSA) is 25.8 Å². The first kappa shape index (κ1) is 49.3. The van der Waals surface area contributed by atoms with Crippen LogP contribution < -0.4 is 0 Å². The molecular formula is C42H88N2P2Si8. The highest BCUT2D eigenvalue weighted by Crippen LogP contribution is 2.71. The van der Waals surface area contributed by atoms with E-state index in [4.69, 9.17) is 9.97 Å². The molecule has 308 valence electrons. The number of nitrogens with zero attached hydrogens (tertiary/aromatic N) is 2. The number of fused-ring (bicyclic) bond motifs is 4. The van der Waals surface area contributed by atoms with Crippen molar-refractivity contribution >= 4 is 80.4 Å². The SMILES string of the molecule is C[Si](C)(C)C(CP1[C@H]([Si](C)(C)C)c2cccc(n2)[C@H]([Si](C)(C)C)P(CC([Si](C)(C)C)[Si](C)(C)C)[C@H]([Si](C)(C)C)c2cccc(n2)[C@@H]1[Si](C)(C)C)[Si](C)(C)C. The van der Waals surface area contributed by atoms with Gasteiger partial charge in [0.25, 0.3) is 0 Å². The van der Waals surface area contributed by atoms with E-state index >= 15 is 0 Å². The molecule has 1 aliphatic heterocycles. The van der Waals surface area contributed by atoms with Crippen molar-refractivity contribution in [2.75, 3.05) is 12.3 Å². The third-order valence-corrected chi connectivity index (χ3v) is 59.5. The standard InChI is InChI=1S/C42H88N2P2Si8/c1-47(2,3)37(48(4,5)6)31-45-39(51(13,14)15)33-27-25-29-35(43-33)41(53(19,20)21)46(32-38(49(7,8)9)50(10,11)12)42(54(22,23)24)36-30-26-28-34(44-36)40(45)52(16,17)18/h25-30,37-42H,31-32H2,1-24H3/t39-,40+,41+,42-,45?,46?. The minimum Gasteiger partial charge on any atom is -0.257 e. The van der Waals surface area contributed by atoms with Crippen LogP contribution in [-0.2, 0) is 0 Å². The molecule has 0 amide bonds. The summed E-state index contributed by atoms with van der Waals surface area (Å²) in [6.07, 6.45) is 2.83. The lowest BCUT2D eigenvalue weighted by Gasteiger charge is -2.51. The van der Waals surface area contributed by atoms with Gasteiger partial charge in [0.2, 0.25) is 0 Å². The van der Waals surface area contributed by atoms with Crippen LogP contribution in [0.5, 0.6) is 0 Å². The summed E-state index contributed by atoms with van der Waals surface area (Å²) in [5, 5.41) is 4.05. The fourth-order valence-corrected chi connectivity index (χ4v) is 71.2. The van der Waals surface area contributed by atoms with Gasteiger partial charge < -0.3 is 0 Å². The molecule has 4 bridgehead atoms. The molecule has 0 saturated heterocycles. The fraction of sp³-hybridized carbons (Fsp3) is 0.762. The van der Waals surface area contributed by atoms with Gasteiger partial charge in [-0.3, -0.25) is 9.97 Å². The van der Waals surface area contributed by atoms with E-state index in [1.54, 1.807) is 0 Å². The van der Waals surface area contributed by atoms with Gasteiger partial charge in [0.05, 0.1) is 32.3 Å². The van der Waals surface area contributed by atoms with Crippen molar-refractivity contribution in [3.05, 3.63) is 59.2 Å². The van der Waals surface area contributed by atoms with Gasteiger partial charge in [-0.2, -0.15) is 0 Å². The largest absolute Gasteiger partial charge is 0.257 e. The maximum absolute atomic E-state index is 6.19. The van der Waals surface area contributed by atoms with Gasteiger partial charge in [-0.05, 0) is 46.9 Å². The van der Waals surface area contributed by atoms with Crippen molar-refractivity contribution in [3.63, 3.8) is 0 Å². The third-order valence-electron chi connectivity index (χ3n) is 12.3. The molecule has 2 nitrogen and oxygen atoms in total. The zero-order valence-corrected chi connectivity index (χ0v) is 49.9. The normalized spacial score (nSPS) is 24.4. The van der Waals surface area contributed by atoms with Crippen LogP contribution in [0.4, 0.5) is 0 Å². The minimum absolute atomic E-state index is 0.423. The van der Waals surface area contributed by atoms with Gasteiger partial charge in [0.1, 0.15) is 0 Å². The van der Waals surface area contributed by atoms with Crippen LogP contribution >= 0.6 is 15.8 Å². The van der Waals surface area contributed by atoms with Crippen molar-refractivity contribution in [3.8, 4) is 0 Å². The summed E-state index contributed by atoms with van der Waals surface area (Å²) < 4.78 is 0. The predicted octanol–water partition coefficient (Wildman–Crippen LogP) is 16.0. The third kappa shape index (κ3) is 12.0. The second-order valence-electron chi connectivity index (χ2n) is 26.0. The summed E-state index contributed by atoms with van der Waals surface area (Å²) in [5.74, 6) is 0. The fourth-order valence-electron chi connectivity index (χ4n) is 10.8. The van der Waals surface area contributed by atoms with E-state index in [-0.39, 0.29) is 0 Å².